The monoisotopic (exact) mass is 407 g/mol. The molecule has 3 rings (SSSR count). The maximum absolute atomic E-state index is 12.3. The van der Waals surface area contributed by atoms with Crippen molar-refractivity contribution in [1.29, 1.82) is 0 Å². The Morgan fingerprint density at radius 2 is 1.81 bits per heavy atom. The van der Waals surface area contributed by atoms with Gasteiger partial charge in [-0.2, -0.15) is 0 Å². The summed E-state index contributed by atoms with van der Waals surface area (Å²) in [5, 5.41) is 4.28. The highest BCUT2D eigenvalue weighted by molar-refractivity contribution is 6.32. The molecule has 1 heterocycles. The maximum atomic E-state index is 12.3. The summed E-state index contributed by atoms with van der Waals surface area (Å²) in [5.74, 6) is 0.669. The van der Waals surface area contributed by atoms with Crippen LogP contribution in [0.25, 0.3) is 0 Å². The van der Waals surface area contributed by atoms with Crippen molar-refractivity contribution in [2.75, 3.05) is 44.2 Å². The third-order valence-corrected chi connectivity index (χ3v) is 4.98. The van der Waals surface area contributed by atoms with Gasteiger partial charge >= 0.3 is 6.03 Å². The lowest BCUT2D eigenvalue weighted by Gasteiger charge is -2.36. The van der Waals surface area contributed by atoms with Gasteiger partial charge in [-0.3, -0.25) is 0 Å². The normalized spacial score (nSPS) is 14.1. The number of carbonyl (C=O) groups excluding carboxylic acids is 1. The van der Waals surface area contributed by atoms with E-state index in [4.69, 9.17) is 27.9 Å². The average Bonchev–Trinajstić information content (AvgIpc) is 2.69. The van der Waals surface area contributed by atoms with Crippen LogP contribution in [0.2, 0.25) is 10.0 Å². The molecule has 27 heavy (non-hydrogen) atoms. The summed E-state index contributed by atoms with van der Waals surface area (Å²) in [7, 11) is 0. The molecule has 1 saturated heterocycles. The largest absolute Gasteiger partial charge is 0.492 e. The second-order valence-corrected chi connectivity index (χ2v) is 7.16. The predicted octanol–water partition coefficient (Wildman–Crippen LogP) is 4.29. The molecule has 0 atom stereocenters. The molecule has 5 nitrogen and oxygen atoms in total. The minimum Gasteiger partial charge on any atom is -0.492 e. The van der Waals surface area contributed by atoms with Crippen LogP contribution in [0, 0.1) is 0 Å². The van der Waals surface area contributed by atoms with Gasteiger partial charge in [0.25, 0.3) is 0 Å². The van der Waals surface area contributed by atoms with Gasteiger partial charge in [0.1, 0.15) is 5.75 Å². The molecule has 0 spiro atoms. The van der Waals surface area contributed by atoms with E-state index in [9.17, 15) is 4.79 Å². The Balaban J connectivity index is 1.34. The number of carbonyl (C=O) groups is 1. The predicted molar refractivity (Wildman–Crippen MR) is 110 cm³/mol. The smallest absolute Gasteiger partial charge is 0.317 e. The molecule has 0 saturated carbocycles. The van der Waals surface area contributed by atoms with Crippen LogP contribution in [0.15, 0.2) is 48.5 Å². The molecule has 0 bridgehead atoms. The minimum absolute atomic E-state index is 0.0292. The van der Waals surface area contributed by atoms with Crippen molar-refractivity contribution >= 4 is 34.9 Å². The molecule has 0 aromatic heterocycles. The summed E-state index contributed by atoms with van der Waals surface area (Å²) >= 11 is 12.1. The lowest BCUT2D eigenvalue weighted by atomic mass is 10.2. The standard InChI is InChI=1S/C20H23Cl2N3O2/c21-16-5-3-6-17(15-16)24-10-12-25(13-11-24)20(26)23-9-4-14-27-19-8-2-1-7-18(19)22/h1-3,5-8,15H,4,9-14H2,(H,23,26). The van der Waals surface area contributed by atoms with E-state index >= 15 is 0 Å². The second kappa shape index (κ2) is 9.72. The summed E-state index contributed by atoms with van der Waals surface area (Å²) in [5.41, 5.74) is 1.10. The Hall–Kier alpha value is -2.11. The molecule has 7 heteroatoms. The van der Waals surface area contributed by atoms with E-state index in [1.165, 1.54) is 0 Å². The molecule has 2 amide bonds. The number of ether oxygens (including phenoxy) is 1. The number of hydrogen-bond acceptors (Lipinski definition) is 3. The summed E-state index contributed by atoms with van der Waals surface area (Å²) in [6.07, 6.45) is 0.722. The second-order valence-electron chi connectivity index (χ2n) is 6.32. The van der Waals surface area contributed by atoms with Gasteiger partial charge in [0, 0.05) is 43.4 Å². The molecule has 1 fully saturated rings. The van der Waals surface area contributed by atoms with Crippen molar-refractivity contribution in [3.8, 4) is 5.75 Å². The van der Waals surface area contributed by atoms with Crippen molar-refractivity contribution in [1.82, 2.24) is 10.2 Å². The van der Waals surface area contributed by atoms with E-state index in [1.54, 1.807) is 6.07 Å². The van der Waals surface area contributed by atoms with Crippen LogP contribution in [-0.4, -0.2) is 50.3 Å². The van der Waals surface area contributed by atoms with Gasteiger partial charge in [0.05, 0.1) is 11.6 Å². The van der Waals surface area contributed by atoms with Crippen LogP contribution < -0.4 is 15.0 Å². The molecule has 1 aliphatic heterocycles. The van der Waals surface area contributed by atoms with Crippen LogP contribution in [0.1, 0.15) is 6.42 Å². The number of amides is 2. The molecule has 2 aromatic carbocycles. The van der Waals surface area contributed by atoms with E-state index in [0.29, 0.717) is 37.0 Å². The van der Waals surface area contributed by atoms with Crippen molar-refractivity contribution < 1.29 is 9.53 Å². The van der Waals surface area contributed by atoms with Crippen molar-refractivity contribution in [2.24, 2.45) is 0 Å². The van der Waals surface area contributed by atoms with Gasteiger partial charge in [0.2, 0.25) is 0 Å². The first-order chi connectivity index (χ1) is 13.1. The number of urea groups is 1. The fraction of sp³-hybridized carbons (Fsp3) is 0.350. The van der Waals surface area contributed by atoms with E-state index in [2.05, 4.69) is 10.2 Å². The average molecular weight is 408 g/mol. The van der Waals surface area contributed by atoms with Crippen LogP contribution >= 0.6 is 23.2 Å². The third-order valence-electron chi connectivity index (χ3n) is 4.43. The molecule has 0 unspecified atom stereocenters. The number of nitrogens with zero attached hydrogens (tertiary/aromatic N) is 2. The number of para-hydroxylation sites is 1. The highest BCUT2D eigenvalue weighted by Gasteiger charge is 2.21. The molecular formula is C20H23Cl2N3O2. The quantitative estimate of drug-likeness (QED) is 0.726. The SMILES string of the molecule is O=C(NCCCOc1ccccc1Cl)N1CCN(c2cccc(Cl)c2)CC1. The molecule has 144 valence electrons. The van der Waals surface area contributed by atoms with E-state index in [1.807, 2.05) is 47.4 Å². The maximum Gasteiger partial charge on any atom is 0.317 e. The van der Waals surface area contributed by atoms with Crippen LogP contribution in [0.5, 0.6) is 5.75 Å². The van der Waals surface area contributed by atoms with Gasteiger partial charge in [-0.15, -0.1) is 0 Å². The van der Waals surface area contributed by atoms with Gasteiger partial charge in [-0.1, -0.05) is 41.4 Å². The molecule has 1 N–H and O–H groups in total. The van der Waals surface area contributed by atoms with Crippen LogP contribution in [0.3, 0.4) is 0 Å². The molecule has 0 aliphatic carbocycles. The lowest BCUT2D eigenvalue weighted by molar-refractivity contribution is 0.193. The van der Waals surface area contributed by atoms with Crippen molar-refractivity contribution in [2.45, 2.75) is 6.42 Å². The number of halogens is 2. The fourth-order valence-electron chi connectivity index (χ4n) is 2.96. The van der Waals surface area contributed by atoms with E-state index in [0.717, 1.165) is 30.2 Å². The molecule has 0 radical (unpaired) electrons. The third kappa shape index (κ3) is 5.68. The Bertz CT molecular complexity index is 764. The van der Waals surface area contributed by atoms with Crippen LogP contribution in [0.4, 0.5) is 10.5 Å². The summed E-state index contributed by atoms with van der Waals surface area (Å²) in [4.78, 5) is 16.4. The first-order valence-electron chi connectivity index (χ1n) is 9.04. The first-order valence-corrected chi connectivity index (χ1v) is 9.80. The molecular weight excluding hydrogens is 385 g/mol. The Labute approximate surface area is 169 Å². The van der Waals surface area contributed by atoms with Gasteiger partial charge < -0.3 is 19.9 Å². The van der Waals surface area contributed by atoms with Gasteiger partial charge in [-0.05, 0) is 36.8 Å². The highest BCUT2D eigenvalue weighted by atomic mass is 35.5. The number of anilines is 1. The summed E-state index contributed by atoms with van der Waals surface area (Å²) in [6.45, 7) is 4.04. The lowest BCUT2D eigenvalue weighted by Crippen LogP contribution is -2.52. The summed E-state index contributed by atoms with van der Waals surface area (Å²) < 4.78 is 5.62. The van der Waals surface area contributed by atoms with Crippen molar-refractivity contribution in [3.63, 3.8) is 0 Å². The topological polar surface area (TPSA) is 44.8 Å². The summed E-state index contributed by atoms with van der Waals surface area (Å²) in [6, 6.07) is 15.1. The Kier molecular flexibility index (Phi) is 7.07. The van der Waals surface area contributed by atoms with Gasteiger partial charge in [0.15, 0.2) is 0 Å². The first kappa shape index (κ1) is 19.6. The minimum atomic E-state index is -0.0292. The van der Waals surface area contributed by atoms with Crippen LogP contribution in [-0.2, 0) is 0 Å². The Morgan fingerprint density at radius 3 is 2.56 bits per heavy atom. The number of piperazine rings is 1. The van der Waals surface area contributed by atoms with Crippen molar-refractivity contribution in [3.05, 3.63) is 58.6 Å². The number of hydrogen-bond donors (Lipinski definition) is 1. The number of benzene rings is 2. The van der Waals surface area contributed by atoms with E-state index < -0.39 is 0 Å². The number of nitrogens with one attached hydrogen (secondary N) is 1. The zero-order chi connectivity index (χ0) is 19.1. The highest BCUT2D eigenvalue weighted by Crippen LogP contribution is 2.23. The van der Waals surface area contributed by atoms with E-state index in [-0.39, 0.29) is 6.03 Å². The zero-order valence-corrected chi connectivity index (χ0v) is 16.5. The zero-order valence-electron chi connectivity index (χ0n) is 15.0. The molecule has 2 aromatic rings. The Morgan fingerprint density at radius 1 is 1.04 bits per heavy atom. The number of rotatable bonds is 6. The molecule has 1 aliphatic rings. The fourth-order valence-corrected chi connectivity index (χ4v) is 3.34. The van der Waals surface area contributed by atoms with Gasteiger partial charge in [-0.25, -0.2) is 4.79 Å².